The Hall–Kier alpha value is -4.06. The molecule has 184 valence electrons. The molecule has 0 bridgehead atoms. The Labute approximate surface area is 211 Å². The Bertz CT molecular complexity index is 1320. The monoisotopic (exact) mass is 481 g/mol. The third-order valence-corrected chi connectivity index (χ3v) is 6.65. The maximum absolute atomic E-state index is 13.6. The summed E-state index contributed by atoms with van der Waals surface area (Å²) in [7, 11) is 1.65. The van der Waals surface area contributed by atoms with Gasteiger partial charge in [-0.3, -0.25) is 9.89 Å². The quantitative estimate of drug-likeness (QED) is 0.280. The van der Waals surface area contributed by atoms with Gasteiger partial charge in [0.15, 0.2) is 0 Å². The van der Waals surface area contributed by atoms with Crippen molar-refractivity contribution in [2.45, 2.75) is 32.2 Å². The number of ether oxygens (including phenoxy) is 2. The van der Waals surface area contributed by atoms with Crippen molar-refractivity contribution in [3.05, 3.63) is 101 Å². The van der Waals surface area contributed by atoms with E-state index in [-0.39, 0.29) is 11.9 Å². The van der Waals surface area contributed by atoms with Crippen molar-refractivity contribution in [3.8, 4) is 22.8 Å². The molecular formula is C30H31N3O3. The van der Waals surface area contributed by atoms with Gasteiger partial charge in [-0.25, -0.2) is 0 Å². The second kappa shape index (κ2) is 10.7. The molecule has 1 aliphatic heterocycles. The lowest BCUT2D eigenvalue weighted by atomic mass is 9.95. The lowest BCUT2D eigenvalue weighted by molar-refractivity contribution is 0.0745. The highest BCUT2D eigenvalue weighted by molar-refractivity contribution is 6.00. The summed E-state index contributed by atoms with van der Waals surface area (Å²) in [6.45, 7) is 3.42. The summed E-state index contributed by atoms with van der Waals surface area (Å²) >= 11 is 0. The van der Waals surface area contributed by atoms with Gasteiger partial charge in [0.05, 0.1) is 25.5 Å². The molecule has 36 heavy (non-hydrogen) atoms. The van der Waals surface area contributed by atoms with Crippen LogP contribution in [0.5, 0.6) is 11.5 Å². The normalized spacial score (nSPS) is 14.7. The fourth-order valence-electron chi connectivity index (χ4n) is 4.75. The van der Waals surface area contributed by atoms with Gasteiger partial charge in [-0.2, -0.15) is 5.10 Å². The van der Waals surface area contributed by atoms with Crippen LogP contribution in [0.15, 0.2) is 78.9 Å². The maximum Gasteiger partial charge on any atom is 0.273 e. The van der Waals surface area contributed by atoms with Gasteiger partial charge < -0.3 is 14.4 Å². The predicted octanol–water partition coefficient (Wildman–Crippen LogP) is 6.05. The van der Waals surface area contributed by atoms with Crippen molar-refractivity contribution in [1.82, 2.24) is 15.1 Å². The zero-order valence-corrected chi connectivity index (χ0v) is 20.7. The summed E-state index contributed by atoms with van der Waals surface area (Å²) in [6.07, 6.45) is 2.85. The standard InChI is InChI=1S/C30H31N3O3/c1-3-4-19-36-25-12-8-11-23(20-25)29-26-27(22-13-15-24(35-2)16-14-22)31-32-28(26)30(34)33(29)18-17-21-9-6-5-7-10-21/h5-16,20,29H,3-4,17-19H2,1-2H3,(H,31,32). The van der Waals surface area contributed by atoms with Crippen molar-refractivity contribution in [1.29, 1.82) is 0 Å². The first-order valence-corrected chi connectivity index (χ1v) is 12.5. The molecule has 3 aromatic carbocycles. The lowest BCUT2D eigenvalue weighted by Gasteiger charge is -2.27. The van der Waals surface area contributed by atoms with Gasteiger partial charge in [0.2, 0.25) is 0 Å². The van der Waals surface area contributed by atoms with Crippen LogP contribution in [0.1, 0.15) is 53.0 Å². The average Bonchev–Trinajstić information content (AvgIpc) is 3.47. The first-order chi connectivity index (χ1) is 17.7. The van der Waals surface area contributed by atoms with E-state index in [1.165, 1.54) is 5.56 Å². The lowest BCUT2D eigenvalue weighted by Crippen LogP contribution is -2.31. The summed E-state index contributed by atoms with van der Waals surface area (Å²) < 4.78 is 11.3. The van der Waals surface area contributed by atoms with Crippen LogP contribution in [-0.2, 0) is 6.42 Å². The van der Waals surface area contributed by atoms with E-state index in [0.717, 1.165) is 53.1 Å². The molecule has 1 aliphatic rings. The minimum atomic E-state index is -0.262. The summed E-state index contributed by atoms with van der Waals surface area (Å²) in [5.74, 6) is 1.56. The van der Waals surface area contributed by atoms with Gasteiger partial charge in [-0.15, -0.1) is 0 Å². The number of methoxy groups -OCH3 is 1. The number of nitrogens with zero attached hydrogens (tertiary/aromatic N) is 2. The molecule has 6 nitrogen and oxygen atoms in total. The number of hydrogen-bond acceptors (Lipinski definition) is 4. The number of carbonyl (C=O) groups excluding carboxylic acids is 1. The second-order valence-electron chi connectivity index (χ2n) is 9.00. The number of carbonyl (C=O) groups is 1. The summed E-state index contributed by atoms with van der Waals surface area (Å²) in [6, 6.07) is 25.9. The largest absolute Gasteiger partial charge is 0.497 e. The molecular weight excluding hydrogens is 450 g/mol. The van der Waals surface area contributed by atoms with E-state index in [1.54, 1.807) is 7.11 Å². The zero-order chi connectivity index (χ0) is 24.9. The van der Waals surface area contributed by atoms with Crippen LogP contribution in [0, 0.1) is 0 Å². The van der Waals surface area contributed by atoms with Crippen LogP contribution >= 0.6 is 0 Å². The second-order valence-corrected chi connectivity index (χ2v) is 9.00. The van der Waals surface area contributed by atoms with Crippen molar-refractivity contribution in [2.75, 3.05) is 20.3 Å². The summed E-state index contributed by atoms with van der Waals surface area (Å²) in [5.41, 5.74) is 5.39. The van der Waals surface area contributed by atoms with E-state index < -0.39 is 0 Å². The van der Waals surface area contributed by atoms with Gasteiger partial charge in [-0.1, -0.05) is 55.8 Å². The van der Waals surface area contributed by atoms with Gasteiger partial charge in [0, 0.05) is 17.7 Å². The van der Waals surface area contributed by atoms with E-state index in [2.05, 4.69) is 41.4 Å². The van der Waals surface area contributed by atoms with Crippen LogP contribution < -0.4 is 9.47 Å². The van der Waals surface area contributed by atoms with E-state index in [9.17, 15) is 4.79 Å². The van der Waals surface area contributed by atoms with E-state index in [4.69, 9.17) is 9.47 Å². The Balaban J connectivity index is 1.53. The van der Waals surface area contributed by atoms with E-state index >= 15 is 0 Å². The molecule has 2 heterocycles. The minimum Gasteiger partial charge on any atom is -0.497 e. The smallest absolute Gasteiger partial charge is 0.273 e. The molecule has 1 N–H and O–H groups in total. The molecule has 1 atom stereocenters. The first-order valence-electron chi connectivity index (χ1n) is 12.5. The van der Waals surface area contributed by atoms with Gasteiger partial charge in [0.1, 0.15) is 17.2 Å². The van der Waals surface area contributed by atoms with Gasteiger partial charge in [0.25, 0.3) is 5.91 Å². The maximum atomic E-state index is 13.6. The summed E-state index contributed by atoms with van der Waals surface area (Å²) in [4.78, 5) is 15.6. The van der Waals surface area contributed by atoms with Crippen molar-refractivity contribution >= 4 is 5.91 Å². The molecule has 0 saturated heterocycles. The number of aromatic amines is 1. The van der Waals surface area contributed by atoms with Crippen LogP contribution in [0.2, 0.25) is 0 Å². The highest BCUT2D eigenvalue weighted by Crippen LogP contribution is 2.43. The van der Waals surface area contributed by atoms with Crippen LogP contribution in [0.25, 0.3) is 11.3 Å². The number of fused-ring (bicyclic) bond motifs is 1. The highest BCUT2D eigenvalue weighted by atomic mass is 16.5. The molecule has 5 rings (SSSR count). The molecule has 0 radical (unpaired) electrons. The summed E-state index contributed by atoms with van der Waals surface area (Å²) in [5, 5.41) is 7.62. The minimum absolute atomic E-state index is 0.0319. The first kappa shape index (κ1) is 23.7. The fourth-order valence-corrected chi connectivity index (χ4v) is 4.75. The Morgan fingerprint density at radius 3 is 2.53 bits per heavy atom. The van der Waals surface area contributed by atoms with Crippen molar-refractivity contribution in [2.24, 2.45) is 0 Å². The molecule has 4 aromatic rings. The third kappa shape index (κ3) is 4.71. The topological polar surface area (TPSA) is 67.5 Å². The number of aromatic nitrogens is 2. The van der Waals surface area contributed by atoms with Gasteiger partial charge >= 0.3 is 0 Å². The Kier molecular flexibility index (Phi) is 7.03. The number of unbranched alkanes of at least 4 members (excludes halogenated alkanes) is 1. The molecule has 0 saturated carbocycles. The number of benzene rings is 3. The van der Waals surface area contributed by atoms with Crippen LogP contribution in [0.3, 0.4) is 0 Å². The Morgan fingerprint density at radius 2 is 1.78 bits per heavy atom. The number of amides is 1. The number of rotatable bonds is 10. The van der Waals surface area contributed by atoms with Crippen LogP contribution in [-0.4, -0.2) is 41.3 Å². The zero-order valence-electron chi connectivity index (χ0n) is 20.7. The fraction of sp³-hybridized carbons (Fsp3) is 0.267. The molecule has 1 amide bonds. The molecule has 0 fully saturated rings. The van der Waals surface area contributed by atoms with Gasteiger partial charge in [-0.05, 0) is 60.4 Å². The molecule has 0 spiro atoms. The predicted molar refractivity (Wildman–Crippen MR) is 140 cm³/mol. The number of hydrogen-bond donors (Lipinski definition) is 1. The molecule has 0 aliphatic carbocycles. The average molecular weight is 482 g/mol. The third-order valence-electron chi connectivity index (χ3n) is 6.65. The van der Waals surface area contributed by atoms with E-state index in [1.807, 2.05) is 59.5 Å². The molecule has 1 unspecified atom stereocenters. The Morgan fingerprint density at radius 1 is 0.972 bits per heavy atom. The van der Waals surface area contributed by atoms with Crippen molar-refractivity contribution < 1.29 is 14.3 Å². The van der Waals surface area contributed by atoms with Crippen LogP contribution in [0.4, 0.5) is 0 Å². The SMILES string of the molecule is CCCCOc1cccc(C2c3c(-c4ccc(OC)cc4)n[nH]c3C(=O)N2CCc2ccccc2)c1. The number of H-pyrrole nitrogens is 1. The molecule has 6 heteroatoms. The number of nitrogens with one attached hydrogen (secondary N) is 1. The van der Waals surface area contributed by atoms with Crippen molar-refractivity contribution in [3.63, 3.8) is 0 Å². The highest BCUT2D eigenvalue weighted by Gasteiger charge is 2.42. The molecule has 1 aromatic heterocycles. The van der Waals surface area contributed by atoms with E-state index in [0.29, 0.717) is 18.8 Å².